The summed E-state index contributed by atoms with van der Waals surface area (Å²) in [6.45, 7) is 2.20. The fourth-order valence-electron chi connectivity index (χ4n) is 3.30. The van der Waals surface area contributed by atoms with Crippen LogP contribution in [0.25, 0.3) is 0 Å². The molecular weight excluding hydrogens is 279 g/mol. The second-order valence-electron chi connectivity index (χ2n) is 5.62. The SMILES string of the molecule is O=C1CCC2CNCCC2N1Cc1cc(Cl)ccc1F. The van der Waals surface area contributed by atoms with Crippen molar-refractivity contribution in [2.45, 2.75) is 31.8 Å². The lowest BCUT2D eigenvalue weighted by atomic mass is 9.84. The van der Waals surface area contributed by atoms with Gasteiger partial charge in [0.15, 0.2) is 0 Å². The fraction of sp³-hybridized carbons (Fsp3) is 0.533. The van der Waals surface area contributed by atoms with Crippen LogP contribution in [0, 0.1) is 11.7 Å². The monoisotopic (exact) mass is 296 g/mol. The van der Waals surface area contributed by atoms with Gasteiger partial charge in [-0.2, -0.15) is 0 Å². The summed E-state index contributed by atoms with van der Waals surface area (Å²) in [6, 6.07) is 4.75. The zero-order chi connectivity index (χ0) is 14.1. The summed E-state index contributed by atoms with van der Waals surface area (Å²) >= 11 is 5.93. The number of nitrogens with zero attached hydrogens (tertiary/aromatic N) is 1. The summed E-state index contributed by atoms with van der Waals surface area (Å²) < 4.78 is 13.9. The fourth-order valence-corrected chi connectivity index (χ4v) is 3.50. The molecule has 2 unspecified atom stereocenters. The zero-order valence-electron chi connectivity index (χ0n) is 11.2. The molecule has 3 rings (SSSR count). The molecule has 2 saturated heterocycles. The van der Waals surface area contributed by atoms with Crippen LogP contribution in [-0.4, -0.2) is 29.9 Å². The molecule has 0 saturated carbocycles. The van der Waals surface area contributed by atoms with Crippen molar-refractivity contribution in [2.24, 2.45) is 5.92 Å². The van der Waals surface area contributed by atoms with Crippen LogP contribution in [0.4, 0.5) is 4.39 Å². The maximum atomic E-state index is 13.9. The van der Waals surface area contributed by atoms with Crippen LogP contribution in [0.3, 0.4) is 0 Å². The van der Waals surface area contributed by atoms with Gasteiger partial charge < -0.3 is 10.2 Å². The van der Waals surface area contributed by atoms with Crippen LogP contribution in [0.1, 0.15) is 24.8 Å². The molecule has 1 aromatic rings. The Morgan fingerprint density at radius 3 is 3.10 bits per heavy atom. The highest BCUT2D eigenvalue weighted by molar-refractivity contribution is 6.30. The topological polar surface area (TPSA) is 32.3 Å². The molecule has 2 atom stereocenters. The van der Waals surface area contributed by atoms with Crippen molar-refractivity contribution in [3.8, 4) is 0 Å². The summed E-state index contributed by atoms with van der Waals surface area (Å²) in [4.78, 5) is 14.1. The highest BCUT2D eigenvalue weighted by atomic mass is 35.5. The summed E-state index contributed by atoms with van der Waals surface area (Å²) in [5.41, 5.74) is 0.505. The van der Waals surface area contributed by atoms with Crippen molar-refractivity contribution in [2.75, 3.05) is 13.1 Å². The van der Waals surface area contributed by atoms with Gasteiger partial charge in [-0.25, -0.2) is 4.39 Å². The van der Waals surface area contributed by atoms with Gasteiger partial charge in [-0.1, -0.05) is 11.6 Å². The number of fused-ring (bicyclic) bond motifs is 1. The molecule has 1 amide bonds. The van der Waals surface area contributed by atoms with Crippen molar-refractivity contribution >= 4 is 17.5 Å². The Bertz CT molecular complexity index is 523. The van der Waals surface area contributed by atoms with Crippen molar-refractivity contribution < 1.29 is 9.18 Å². The van der Waals surface area contributed by atoms with Crippen molar-refractivity contribution in [3.63, 3.8) is 0 Å². The lowest BCUT2D eigenvalue weighted by Crippen LogP contribution is -2.54. The Hall–Kier alpha value is -1.13. The molecule has 0 bridgehead atoms. The van der Waals surface area contributed by atoms with Crippen LogP contribution in [0.5, 0.6) is 0 Å². The Kier molecular flexibility index (Phi) is 3.94. The van der Waals surface area contributed by atoms with E-state index in [0.29, 0.717) is 29.5 Å². The van der Waals surface area contributed by atoms with Crippen LogP contribution < -0.4 is 5.32 Å². The highest BCUT2D eigenvalue weighted by Crippen LogP contribution is 2.30. The Morgan fingerprint density at radius 2 is 2.25 bits per heavy atom. The second-order valence-corrected chi connectivity index (χ2v) is 6.05. The normalized spacial score (nSPS) is 26.5. The van der Waals surface area contributed by atoms with Gasteiger partial charge in [0, 0.05) is 29.6 Å². The summed E-state index contributed by atoms with van der Waals surface area (Å²) in [5, 5.41) is 3.88. The van der Waals surface area contributed by atoms with Crippen LogP contribution in [0.15, 0.2) is 18.2 Å². The molecule has 0 aliphatic carbocycles. The molecule has 1 N–H and O–H groups in total. The average Bonchev–Trinajstić information content (AvgIpc) is 2.46. The van der Waals surface area contributed by atoms with E-state index >= 15 is 0 Å². The first-order valence-electron chi connectivity index (χ1n) is 7.09. The van der Waals surface area contributed by atoms with Crippen molar-refractivity contribution in [1.82, 2.24) is 10.2 Å². The third-order valence-corrected chi connectivity index (χ3v) is 4.60. The number of hydrogen-bond donors (Lipinski definition) is 1. The molecule has 2 fully saturated rings. The number of carbonyl (C=O) groups excluding carboxylic acids is 1. The van der Waals surface area contributed by atoms with Crippen LogP contribution in [0.2, 0.25) is 5.02 Å². The number of carbonyl (C=O) groups is 1. The van der Waals surface area contributed by atoms with Crippen molar-refractivity contribution in [1.29, 1.82) is 0 Å². The Balaban J connectivity index is 1.83. The molecule has 20 heavy (non-hydrogen) atoms. The number of likely N-dealkylation sites (tertiary alicyclic amines) is 1. The van der Waals surface area contributed by atoms with Crippen molar-refractivity contribution in [3.05, 3.63) is 34.6 Å². The van der Waals surface area contributed by atoms with Gasteiger partial charge in [-0.05, 0) is 50.0 Å². The second kappa shape index (κ2) is 5.70. The van der Waals surface area contributed by atoms with Gasteiger partial charge in [0.25, 0.3) is 0 Å². The summed E-state index contributed by atoms with van der Waals surface area (Å²) in [6.07, 6.45) is 2.44. The minimum Gasteiger partial charge on any atom is -0.335 e. The smallest absolute Gasteiger partial charge is 0.223 e. The molecular formula is C15H18ClFN2O. The molecule has 0 radical (unpaired) electrons. The van der Waals surface area contributed by atoms with Crippen LogP contribution >= 0.6 is 11.6 Å². The van der Waals surface area contributed by atoms with Gasteiger partial charge in [0.1, 0.15) is 5.82 Å². The van der Waals surface area contributed by atoms with Gasteiger partial charge in [-0.3, -0.25) is 4.79 Å². The predicted molar refractivity (Wildman–Crippen MR) is 76.0 cm³/mol. The maximum absolute atomic E-state index is 13.9. The number of benzene rings is 1. The third-order valence-electron chi connectivity index (χ3n) is 4.37. The molecule has 1 aromatic carbocycles. The Morgan fingerprint density at radius 1 is 1.40 bits per heavy atom. The van der Waals surface area contributed by atoms with E-state index in [4.69, 9.17) is 11.6 Å². The molecule has 0 aromatic heterocycles. The largest absolute Gasteiger partial charge is 0.335 e. The quantitative estimate of drug-likeness (QED) is 0.910. The van der Waals surface area contributed by atoms with Gasteiger partial charge in [0.05, 0.1) is 0 Å². The first kappa shape index (κ1) is 13.8. The van der Waals surface area contributed by atoms with E-state index in [-0.39, 0.29) is 17.8 Å². The molecule has 0 spiro atoms. The number of piperidine rings is 2. The standard InChI is InChI=1S/C15H18ClFN2O/c16-12-2-3-13(17)11(7-12)9-19-14-5-6-18-8-10(14)1-4-15(19)20/h2-3,7,10,14,18H,1,4-6,8-9H2. The maximum Gasteiger partial charge on any atom is 0.223 e. The molecule has 3 nitrogen and oxygen atoms in total. The minimum absolute atomic E-state index is 0.132. The average molecular weight is 297 g/mol. The first-order valence-corrected chi connectivity index (χ1v) is 7.47. The van der Waals surface area contributed by atoms with Gasteiger partial charge >= 0.3 is 0 Å². The number of amides is 1. The number of rotatable bonds is 2. The molecule has 2 aliphatic heterocycles. The van der Waals surface area contributed by atoms with E-state index in [9.17, 15) is 9.18 Å². The van der Waals surface area contributed by atoms with E-state index in [1.165, 1.54) is 12.1 Å². The molecule has 5 heteroatoms. The Labute approximate surface area is 123 Å². The van der Waals surface area contributed by atoms with E-state index < -0.39 is 0 Å². The number of nitrogens with one attached hydrogen (secondary N) is 1. The van der Waals surface area contributed by atoms with E-state index in [1.807, 2.05) is 4.90 Å². The zero-order valence-corrected chi connectivity index (χ0v) is 12.0. The van der Waals surface area contributed by atoms with Crippen LogP contribution in [-0.2, 0) is 11.3 Å². The number of hydrogen-bond acceptors (Lipinski definition) is 2. The first-order chi connectivity index (χ1) is 9.65. The van der Waals surface area contributed by atoms with E-state index in [2.05, 4.69) is 5.32 Å². The van der Waals surface area contributed by atoms with Gasteiger partial charge in [-0.15, -0.1) is 0 Å². The third kappa shape index (κ3) is 2.67. The predicted octanol–water partition coefficient (Wildman–Crippen LogP) is 2.58. The lowest BCUT2D eigenvalue weighted by molar-refractivity contribution is -0.140. The summed E-state index contributed by atoms with van der Waals surface area (Å²) in [5.74, 6) is 0.328. The lowest BCUT2D eigenvalue weighted by Gasteiger charge is -2.44. The highest BCUT2D eigenvalue weighted by Gasteiger charge is 2.37. The minimum atomic E-state index is -0.293. The summed E-state index contributed by atoms with van der Waals surface area (Å²) in [7, 11) is 0. The molecule has 2 heterocycles. The van der Waals surface area contributed by atoms with E-state index in [1.54, 1.807) is 6.07 Å². The number of halogens is 2. The van der Waals surface area contributed by atoms with E-state index in [0.717, 1.165) is 25.9 Å². The molecule has 108 valence electrons. The molecule has 2 aliphatic rings. The van der Waals surface area contributed by atoms with Gasteiger partial charge in [0.2, 0.25) is 5.91 Å².